The Hall–Kier alpha value is -2.62. The normalized spacial score (nSPS) is 10.5. The molecule has 3 aromatic carbocycles. The van der Waals surface area contributed by atoms with Gasteiger partial charge in [-0.1, -0.05) is 59.1 Å². The van der Waals surface area contributed by atoms with Crippen LogP contribution in [-0.2, 0) is 11.2 Å². The smallest absolute Gasteiger partial charge is 0.228 e. The molecule has 0 spiro atoms. The van der Waals surface area contributed by atoms with Crippen molar-refractivity contribution in [3.63, 3.8) is 0 Å². The van der Waals surface area contributed by atoms with Crippen LogP contribution in [0.3, 0.4) is 0 Å². The number of benzene rings is 3. The zero-order valence-electron chi connectivity index (χ0n) is 14.6. The van der Waals surface area contributed by atoms with Crippen LogP contribution in [0.25, 0.3) is 0 Å². The predicted octanol–water partition coefficient (Wildman–Crippen LogP) is 5.71. The molecule has 0 saturated carbocycles. The van der Waals surface area contributed by atoms with Gasteiger partial charge in [-0.15, -0.1) is 0 Å². The van der Waals surface area contributed by atoms with E-state index in [1.807, 2.05) is 13.0 Å². The fourth-order valence-corrected chi connectivity index (χ4v) is 3.21. The molecule has 0 heterocycles. The van der Waals surface area contributed by atoms with Crippen molar-refractivity contribution in [2.45, 2.75) is 13.3 Å². The number of hydrogen-bond acceptors (Lipinski definition) is 2. The summed E-state index contributed by atoms with van der Waals surface area (Å²) in [7, 11) is 0. The van der Waals surface area contributed by atoms with E-state index in [2.05, 4.69) is 5.32 Å². The molecule has 0 aliphatic rings. The molecule has 5 heteroatoms. The van der Waals surface area contributed by atoms with Gasteiger partial charge in [0, 0.05) is 16.1 Å². The molecule has 0 bridgehead atoms. The SMILES string of the molecule is Cc1cc(CC(=O)Nc2ccccc2Cl)cc(C(=O)c2cccc(Cl)c2)c1. The number of nitrogens with one attached hydrogen (secondary N) is 1. The second-order valence-corrected chi connectivity index (χ2v) is 7.10. The number of aryl methyl sites for hydroxylation is 1. The average Bonchev–Trinajstić information content (AvgIpc) is 2.62. The van der Waals surface area contributed by atoms with E-state index < -0.39 is 0 Å². The molecule has 0 fully saturated rings. The third-order valence-electron chi connectivity index (χ3n) is 4.00. The lowest BCUT2D eigenvalue weighted by Gasteiger charge is -2.09. The van der Waals surface area contributed by atoms with E-state index >= 15 is 0 Å². The van der Waals surface area contributed by atoms with E-state index in [-0.39, 0.29) is 18.1 Å². The molecule has 1 N–H and O–H groups in total. The minimum absolute atomic E-state index is 0.131. The van der Waals surface area contributed by atoms with Gasteiger partial charge >= 0.3 is 0 Å². The molecule has 0 saturated heterocycles. The van der Waals surface area contributed by atoms with E-state index in [0.29, 0.717) is 26.9 Å². The highest BCUT2D eigenvalue weighted by Crippen LogP contribution is 2.21. The summed E-state index contributed by atoms with van der Waals surface area (Å²) in [6.07, 6.45) is 0.142. The molecule has 0 radical (unpaired) electrons. The molecule has 27 heavy (non-hydrogen) atoms. The molecular weight excluding hydrogens is 381 g/mol. The summed E-state index contributed by atoms with van der Waals surface area (Å²) in [6, 6.07) is 19.3. The Bertz CT molecular complexity index is 1010. The quantitative estimate of drug-likeness (QED) is 0.560. The van der Waals surface area contributed by atoms with Crippen LogP contribution in [0.5, 0.6) is 0 Å². The first kappa shape index (κ1) is 19.2. The third-order valence-corrected chi connectivity index (χ3v) is 4.56. The minimum Gasteiger partial charge on any atom is -0.324 e. The van der Waals surface area contributed by atoms with Crippen molar-refractivity contribution in [3.05, 3.63) is 99.0 Å². The molecule has 0 atom stereocenters. The topological polar surface area (TPSA) is 46.2 Å². The number of halogens is 2. The first-order chi connectivity index (χ1) is 12.9. The lowest BCUT2D eigenvalue weighted by Crippen LogP contribution is -2.15. The Morgan fingerprint density at radius 2 is 1.67 bits per heavy atom. The number of anilines is 1. The van der Waals surface area contributed by atoms with Crippen molar-refractivity contribution in [2.24, 2.45) is 0 Å². The lowest BCUT2D eigenvalue weighted by molar-refractivity contribution is -0.115. The maximum atomic E-state index is 12.7. The Morgan fingerprint density at radius 3 is 2.41 bits per heavy atom. The van der Waals surface area contributed by atoms with E-state index in [0.717, 1.165) is 11.1 Å². The lowest BCUT2D eigenvalue weighted by atomic mass is 9.98. The van der Waals surface area contributed by atoms with Gasteiger partial charge in [0.1, 0.15) is 0 Å². The summed E-state index contributed by atoms with van der Waals surface area (Å²) in [4.78, 5) is 25.1. The van der Waals surface area contributed by atoms with Crippen LogP contribution >= 0.6 is 23.2 Å². The van der Waals surface area contributed by atoms with Gasteiger partial charge < -0.3 is 5.32 Å². The van der Waals surface area contributed by atoms with Gasteiger partial charge in [0.15, 0.2) is 5.78 Å². The summed E-state index contributed by atoms with van der Waals surface area (Å²) in [5, 5.41) is 3.78. The van der Waals surface area contributed by atoms with Crippen molar-refractivity contribution in [1.82, 2.24) is 0 Å². The Kier molecular flexibility index (Phi) is 5.94. The van der Waals surface area contributed by atoms with E-state index in [9.17, 15) is 9.59 Å². The summed E-state index contributed by atoms with van der Waals surface area (Å²) in [5.74, 6) is -0.330. The standard InChI is InChI=1S/C22H17Cl2NO2/c1-14-9-15(12-21(26)25-20-8-3-2-7-19(20)24)11-17(10-14)22(27)16-5-4-6-18(23)13-16/h2-11,13H,12H2,1H3,(H,25,26). The largest absolute Gasteiger partial charge is 0.324 e. The summed E-state index contributed by atoms with van der Waals surface area (Å²) >= 11 is 12.1. The van der Waals surface area contributed by atoms with Crippen molar-refractivity contribution < 1.29 is 9.59 Å². The van der Waals surface area contributed by atoms with Gasteiger partial charge in [0.2, 0.25) is 5.91 Å². The molecule has 3 nitrogen and oxygen atoms in total. The van der Waals surface area contributed by atoms with Gasteiger partial charge in [-0.25, -0.2) is 0 Å². The molecule has 0 aliphatic heterocycles. The fraction of sp³-hybridized carbons (Fsp3) is 0.0909. The first-order valence-corrected chi connectivity index (χ1v) is 9.13. The average molecular weight is 398 g/mol. The fourth-order valence-electron chi connectivity index (χ4n) is 2.83. The number of hydrogen-bond donors (Lipinski definition) is 1. The van der Waals surface area contributed by atoms with Crippen LogP contribution in [-0.4, -0.2) is 11.7 Å². The van der Waals surface area contributed by atoms with Crippen LogP contribution in [0.2, 0.25) is 10.0 Å². The highest BCUT2D eigenvalue weighted by molar-refractivity contribution is 6.33. The van der Waals surface area contributed by atoms with E-state index in [4.69, 9.17) is 23.2 Å². The molecule has 3 rings (SSSR count). The highest BCUT2D eigenvalue weighted by atomic mass is 35.5. The number of amides is 1. The van der Waals surface area contributed by atoms with E-state index in [1.54, 1.807) is 60.7 Å². The number of ketones is 1. The monoisotopic (exact) mass is 397 g/mol. The first-order valence-electron chi connectivity index (χ1n) is 8.37. The number of rotatable bonds is 5. The van der Waals surface area contributed by atoms with E-state index in [1.165, 1.54) is 0 Å². The molecule has 0 unspecified atom stereocenters. The molecule has 0 aliphatic carbocycles. The highest BCUT2D eigenvalue weighted by Gasteiger charge is 2.13. The Morgan fingerprint density at radius 1 is 0.889 bits per heavy atom. The Labute approximate surface area is 167 Å². The second kappa shape index (κ2) is 8.38. The molecule has 136 valence electrons. The summed E-state index contributed by atoms with van der Waals surface area (Å²) < 4.78 is 0. The molecule has 3 aromatic rings. The van der Waals surface area contributed by atoms with Crippen LogP contribution in [0.15, 0.2) is 66.7 Å². The number of carbonyl (C=O) groups is 2. The van der Waals surface area contributed by atoms with Crippen LogP contribution < -0.4 is 5.32 Å². The van der Waals surface area contributed by atoms with Gasteiger partial charge in [-0.3, -0.25) is 9.59 Å². The van der Waals surface area contributed by atoms with Gasteiger partial charge in [-0.2, -0.15) is 0 Å². The van der Waals surface area contributed by atoms with Gasteiger partial charge in [0.25, 0.3) is 0 Å². The molecule has 0 aromatic heterocycles. The van der Waals surface area contributed by atoms with Crippen LogP contribution in [0.4, 0.5) is 5.69 Å². The number of para-hydroxylation sites is 1. The van der Waals surface area contributed by atoms with Gasteiger partial charge in [0.05, 0.1) is 17.1 Å². The van der Waals surface area contributed by atoms with Crippen molar-refractivity contribution >= 4 is 40.6 Å². The summed E-state index contributed by atoms with van der Waals surface area (Å²) in [5.41, 5.74) is 3.26. The molecule has 1 amide bonds. The zero-order valence-corrected chi connectivity index (χ0v) is 16.1. The zero-order chi connectivity index (χ0) is 19.4. The van der Waals surface area contributed by atoms with Crippen molar-refractivity contribution in [3.8, 4) is 0 Å². The Balaban J connectivity index is 1.80. The maximum absolute atomic E-state index is 12.7. The second-order valence-electron chi connectivity index (χ2n) is 6.25. The van der Waals surface area contributed by atoms with Crippen LogP contribution in [0, 0.1) is 6.92 Å². The summed E-state index contributed by atoms with van der Waals surface area (Å²) in [6.45, 7) is 1.89. The minimum atomic E-state index is -0.199. The van der Waals surface area contributed by atoms with Crippen molar-refractivity contribution in [1.29, 1.82) is 0 Å². The van der Waals surface area contributed by atoms with Gasteiger partial charge in [-0.05, 0) is 48.9 Å². The van der Waals surface area contributed by atoms with Crippen molar-refractivity contribution in [2.75, 3.05) is 5.32 Å². The molecular formula is C22H17Cl2NO2. The third kappa shape index (κ3) is 4.97. The van der Waals surface area contributed by atoms with Crippen LogP contribution in [0.1, 0.15) is 27.0 Å². The maximum Gasteiger partial charge on any atom is 0.228 e. The predicted molar refractivity (Wildman–Crippen MR) is 110 cm³/mol. The number of carbonyl (C=O) groups excluding carboxylic acids is 2.